The zero-order valence-corrected chi connectivity index (χ0v) is 7.09. The molecule has 2 rings (SSSR count). The maximum Gasteiger partial charge on any atom is 0.132 e. The summed E-state index contributed by atoms with van der Waals surface area (Å²) in [6.45, 7) is 0.925. The molecule has 3 N–H and O–H groups in total. The predicted octanol–water partition coefficient (Wildman–Crippen LogP) is 0.705. The Morgan fingerprint density at radius 3 is 3.08 bits per heavy atom. The van der Waals surface area contributed by atoms with Gasteiger partial charge in [-0.1, -0.05) is 18.2 Å². The maximum atomic E-state index is 3.32. The van der Waals surface area contributed by atoms with E-state index >= 15 is 0 Å². The number of hydrogen-bond donors (Lipinski definition) is 3. The number of para-hydroxylation sites is 1. The van der Waals surface area contributed by atoms with Gasteiger partial charge in [0.2, 0.25) is 0 Å². The molecule has 0 saturated carbocycles. The van der Waals surface area contributed by atoms with Crippen molar-refractivity contribution < 1.29 is 0 Å². The molecule has 0 radical (unpaired) electrons. The quantitative estimate of drug-likeness (QED) is 0.570. The smallest absolute Gasteiger partial charge is 0.132 e. The molecule has 1 aromatic carbocycles. The first-order valence-corrected chi connectivity index (χ1v) is 4.15. The highest BCUT2D eigenvalue weighted by Gasteiger charge is 2.13. The fraction of sp³-hybridized carbons (Fsp3) is 0.333. The average molecular weight is 163 g/mol. The normalized spacial score (nSPS) is 21.2. The van der Waals surface area contributed by atoms with Crippen molar-refractivity contribution in [1.29, 1.82) is 0 Å². The van der Waals surface area contributed by atoms with Crippen molar-refractivity contribution in [2.45, 2.75) is 12.8 Å². The average Bonchev–Trinajstić information content (AvgIpc) is 2.17. The third-order valence-electron chi connectivity index (χ3n) is 2.10. The van der Waals surface area contributed by atoms with Crippen molar-refractivity contribution >= 4 is 5.69 Å². The third-order valence-corrected chi connectivity index (χ3v) is 2.10. The second-order valence-electron chi connectivity index (χ2n) is 2.90. The molecule has 0 aliphatic carbocycles. The third kappa shape index (κ3) is 1.29. The lowest BCUT2D eigenvalue weighted by molar-refractivity contribution is 0.485. The van der Waals surface area contributed by atoms with Crippen LogP contribution in [0, 0.1) is 0 Å². The SMILES string of the molecule is CNC1NCc2ccccc2N1. The lowest BCUT2D eigenvalue weighted by Gasteiger charge is -2.27. The Labute approximate surface area is 72.2 Å². The fourth-order valence-corrected chi connectivity index (χ4v) is 1.41. The number of nitrogens with one attached hydrogen (secondary N) is 3. The van der Waals surface area contributed by atoms with Gasteiger partial charge >= 0.3 is 0 Å². The lowest BCUT2D eigenvalue weighted by Crippen LogP contribution is -2.48. The summed E-state index contributed by atoms with van der Waals surface area (Å²) in [5.41, 5.74) is 2.54. The van der Waals surface area contributed by atoms with Crippen LogP contribution in [0.5, 0.6) is 0 Å². The molecule has 1 atom stereocenters. The van der Waals surface area contributed by atoms with Crippen molar-refractivity contribution in [1.82, 2.24) is 10.6 Å². The summed E-state index contributed by atoms with van der Waals surface area (Å²) in [7, 11) is 1.93. The summed E-state index contributed by atoms with van der Waals surface area (Å²) in [5.74, 6) is 0. The van der Waals surface area contributed by atoms with Crippen LogP contribution in [-0.2, 0) is 6.54 Å². The number of benzene rings is 1. The highest BCUT2D eigenvalue weighted by molar-refractivity contribution is 5.53. The summed E-state index contributed by atoms with van der Waals surface area (Å²) in [5, 5.41) is 9.75. The van der Waals surface area contributed by atoms with E-state index in [2.05, 4.69) is 34.1 Å². The molecule has 1 aliphatic heterocycles. The molecule has 0 aromatic heterocycles. The van der Waals surface area contributed by atoms with Crippen LogP contribution in [0.2, 0.25) is 0 Å². The van der Waals surface area contributed by atoms with E-state index < -0.39 is 0 Å². The van der Waals surface area contributed by atoms with Crippen molar-refractivity contribution in [2.75, 3.05) is 12.4 Å². The number of rotatable bonds is 1. The van der Waals surface area contributed by atoms with Crippen LogP contribution in [0.3, 0.4) is 0 Å². The largest absolute Gasteiger partial charge is 0.357 e. The van der Waals surface area contributed by atoms with Gasteiger partial charge in [-0.15, -0.1) is 0 Å². The second-order valence-corrected chi connectivity index (χ2v) is 2.90. The van der Waals surface area contributed by atoms with Gasteiger partial charge in [0.1, 0.15) is 6.29 Å². The molecular weight excluding hydrogens is 150 g/mol. The van der Waals surface area contributed by atoms with Gasteiger partial charge in [-0.25, -0.2) is 0 Å². The van der Waals surface area contributed by atoms with Crippen LogP contribution in [-0.4, -0.2) is 13.3 Å². The van der Waals surface area contributed by atoms with Crippen LogP contribution >= 0.6 is 0 Å². The van der Waals surface area contributed by atoms with Gasteiger partial charge in [-0.3, -0.25) is 10.6 Å². The van der Waals surface area contributed by atoms with E-state index in [4.69, 9.17) is 0 Å². The molecule has 0 fully saturated rings. The molecule has 0 spiro atoms. The molecular formula is C9H13N3. The number of fused-ring (bicyclic) bond motifs is 1. The van der Waals surface area contributed by atoms with Crippen LogP contribution in [0.25, 0.3) is 0 Å². The number of anilines is 1. The Morgan fingerprint density at radius 2 is 2.25 bits per heavy atom. The van der Waals surface area contributed by atoms with Gasteiger partial charge < -0.3 is 5.32 Å². The minimum Gasteiger partial charge on any atom is -0.357 e. The van der Waals surface area contributed by atoms with E-state index in [1.807, 2.05) is 13.1 Å². The van der Waals surface area contributed by atoms with Gasteiger partial charge in [-0.05, 0) is 18.7 Å². The van der Waals surface area contributed by atoms with Crippen molar-refractivity contribution in [2.24, 2.45) is 0 Å². The summed E-state index contributed by atoms with van der Waals surface area (Å²) in [6.07, 6.45) is 0.194. The van der Waals surface area contributed by atoms with Crippen molar-refractivity contribution in [3.63, 3.8) is 0 Å². The van der Waals surface area contributed by atoms with Crippen LogP contribution in [0.4, 0.5) is 5.69 Å². The molecule has 0 saturated heterocycles. The molecule has 3 heteroatoms. The van der Waals surface area contributed by atoms with E-state index in [-0.39, 0.29) is 6.29 Å². The molecule has 64 valence electrons. The summed E-state index contributed by atoms with van der Waals surface area (Å²) in [4.78, 5) is 0. The van der Waals surface area contributed by atoms with Crippen molar-refractivity contribution in [3.05, 3.63) is 29.8 Å². The summed E-state index contributed by atoms with van der Waals surface area (Å²) < 4.78 is 0. The van der Waals surface area contributed by atoms with Crippen LogP contribution in [0.1, 0.15) is 5.56 Å². The lowest BCUT2D eigenvalue weighted by atomic mass is 10.1. The first-order chi connectivity index (χ1) is 5.90. The van der Waals surface area contributed by atoms with Gasteiger partial charge in [0.05, 0.1) is 0 Å². The zero-order chi connectivity index (χ0) is 8.39. The standard InChI is InChI=1S/C9H13N3/c1-10-9-11-6-7-4-2-3-5-8(7)12-9/h2-5,9-12H,6H2,1H3. The highest BCUT2D eigenvalue weighted by atomic mass is 15.3. The van der Waals surface area contributed by atoms with Crippen molar-refractivity contribution in [3.8, 4) is 0 Å². The fourth-order valence-electron chi connectivity index (χ4n) is 1.41. The first-order valence-electron chi connectivity index (χ1n) is 4.15. The molecule has 1 aromatic rings. The first kappa shape index (κ1) is 7.58. The Hall–Kier alpha value is -1.06. The van der Waals surface area contributed by atoms with Gasteiger partial charge in [-0.2, -0.15) is 0 Å². The molecule has 12 heavy (non-hydrogen) atoms. The molecule has 1 heterocycles. The Kier molecular flexibility index (Phi) is 1.98. The van der Waals surface area contributed by atoms with E-state index in [1.165, 1.54) is 11.3 Å². The van der Waals surface area contributed by atoms with Gasteiger partial charge in [0, 0.05) is 12.2 Å². The monoisotopic (exact) mass is 163 g/mol. The van der Waals surface area contributed by atoms with E-state index in [0.29, 0.717) is 0 Å². The molecule has 1 unspecified atom stereocenters. The maximum absolute atomic E-state index is 3.32. The second kappa shape index (κ2) is 3.13. The topological polar surface area (TPSA) is 36.1 Å². The van der Waals surface area contributed by atoms with Gasteiger partial charge in [0.15, 0.2) is 0 Å². The molecule has 3 nitrogen and oxygen atoms in total. The van der Waals surface area contributed by atoms with E-state index in [0.717, 1.165) is 6.54 Å². The van der Waals surface area contributed by atoms with Gasteiger partial charge in [0.25, 0.3) is 0 Å². The Bertz CT molecular complexity index is 272. The summed E-state index contributed by atoms with van der Waals surface area (Å²) >= 11 is 0. The van der Waals surface area contributed by atoms with E-state index in [9.17, 15) is 0 Å². The molecule has 1 aliphatic rings. The zero-order valence-electron chi connectivity index (χ0n) is 7.09. The Morgan fingerprint density at radius 1 is 1.42 bits per heavy atom. The summed E-state index contributed by atoms with van der Waals surface area (Å²) in [6, 6.07) is 8.33. The molecule has 0 bridgehead atoms. The minimum atomic E-state index is 0.194. The molecule has 0 amide bonds. The Balaban J connectivity index is 2.23. The van der Waals surface area contributed by atoms with E-state index in [1.54, 1.807) is 0 Å². The van der Waals surface area contributed by atoms with Crippen LogP contribution in [0.15, 0.2) is 24.3 Å². The highest BCUT2D eigenvalue weighted by Crippen LogP contribution is 2.17. The van der Waals surface area contributed by atoms with Crippen LogP contribution < -0.4 is 16.0 Å². The predicted molar refractivity (Wildman–Crippen MR) is 49.8 cm³/mol. The number of hydrogen-bond acceptors (Lipinski definition) is 3. The minimum absolute atomic E-state index is 0.194.